The number of nitriles is 1. The van der Waals surface area contributed by atoms with Crippen LogP contribution in [0.1, 0.15) is 19.8 Å². The lowest BCUT2D eigenvalue weighted by Gasteiger charge is -2.32. The number of nitrogens with zero attached hydrogens (tertiary/aromatic N) is 4. The molecule has 0 spiro atoms. The maximum atomic E-state index is 12.9. The van der Waals surface area contributed by atoms with Crippen molar-refractivity contribution in [2.24, 2.45) is 0 Å². The number of benzene rings is 1. The number of ether oxygens (including phenoxy) is 1. The minimum Gasteiger partial charge on any atom is -0.494 e. The molecular weight excluding hydrogens is 332 g/mol. The zero-order valence-corrected chi connectivity index (χ0v) is 15.2. The molecule has 3 rings (SSSR count). The molecule has 2 fully saturated rings. The summed E-state index contributed by atoms with van der Waals surface area (Å²) in [6, 6.07) is 9.91. The minimum absolute atomic E-state index is 0.0567. The molecule has 7 heteroatoms. The molecule has 2 amide bonds. The molecule has 0 bridgehead atoms. The van der Waals surface area contributed by atoms with Gasteiger partial charge in [-0.05, 0) is 37.6 Å². The molecule has 0 radical (unpaired) electrons. The van der Waals surface area contributed by atoms with E-state index in [1.165, 1.54) is 0 Å². The Morgan fingerprint density at radius 1 is 1.35 bits per heavy atom. The van der Waals surface area contributed by atoms with Gasteiger partial charge in [-0.25, -0.2) is 0 Å². The van der Waals surface area contributed by atoms with E-state index in [0.29, 0.717) is 13.2 Å². The van der Waals surface area contributed by atoms with Crippen LogP contribution in [0.5, 0.6) is 5.75 Å². The van der Waals surface area contributed by atoms with Crippen LogP contribution in [0.25, 0.3) is 0 Å². The second-order valence-corrected chi connectivity index (χ2v) is 6.66. The summed E-state index contributed by atoms with van der Waals surface area (Å²) in [5.74, 6) is 0.711. The first-order valence-electron chi connectivity index (χ1n) is 8.95. The molecule has 7 nitrogen and oxygen atoms in total. The Morgan fingerprint density at radius 3 is 2.73 bits per heavy atom. The van der Waals surface area contributed by atoms with Crippen molar-refractivity contribution in [3.63, 3.8) is 0 Å². The van der Waals surface area contributed by atoms with Gasteiger partial charge in [0.25, 0.3) is 0 Å². The molecule has 0 unspecified atom stereocenters. The van der Waals surface area contributed by atoms with Crippen LogP contribution < -0.4 is 9.64 Å². The first kappa shape index (κ1) is 18.2. The van der Waals surface area contributed by atoms with Crippen molar-refractivity contribution in [3.05, 3.63) is 24.3 Å². The van der Waals surface area contributed by atoms with Gasteiger partial charge in [0.15, 0.2) is 0 Å². The maximum Gasteiger partial charge on any atom is 0.241 e. The van der Waals surface area contributed by atoms with Gasteiger partial charge in [0.2, 0.25) is 11.8 Å². The van der Waals surface area contributed by atoms with Gasteiger partial charge in [-0.1, -0.05) is 0 Å². The molecular formula is C19H24N4O3. The molecule has 0 N–H and O–H groups in total. The Kier molecular flexibility index (Phi) is 5.43. The summed E-state index contributed by atoms with van der Waals surface area (Å²) in [6.45, 7) is 3.30. The van der Waals surface area contributed by atoms with Crippen LogP contribution in [0.3, 0.4) is 0 Å². The molecule has 1 aliphatic heterocycles. The molecule has 2 atom stereocenters. The first-order chi connectivity index (χ1) is 12.5. The molecule has 2 aliphatic rings. The Bertz CT molecular complexity index is 712. The van der Waals surface area contributed by atoms with Crippen LogP contribution >= 0.6 is 0 Å². The lowest BCUT2D eigenvalue weighted by Crippen LogP contribution is -2.52. The zero-order valence-electron chi connectivity index (χ0n) is 15.2. The van der Waals surface area contributed by atoms with Crippen LogP contribution in [0.2, 0.25) is 0 Å². The van der Waals surface area contributed by atoms with Crippen molar-refractivity contribution >= 4 is 17.5 Å². The second-order valence-electron chi connectivity index (χ2n) is 6.66. The normalized spacial score (nSPS) is 21.7. The number of carbonyl (C=O) groups excluding carboxylic acids is 2. The van der Waals surface area contributed by atoms with Gasteiger partial charge in [0.05, 0.1) is 32.2 Å². The van der Waals surface area contributed by atoms with E-state index >= 15 is 0 Å². The SMILES string of the molecule is CCOc1ccc(N(CCC#N)C(=O)CN2CC(=O)N(C)[C@@H]3C[C@@H]32)cc1. The van der Waals surface area contributed by atoms with E-state index in [9.17, 15) is 9.59 Å². The highest BCUT2D eigenvalue weighted by Gasteiger charge is 2.50. The number of likely N-dealkylation sites (N-methyl/N-ethyl adjacent to an activating group) is 1. The molecule has 138 valence electrons. The summed E-state index contributed by atoms with van der Waals surface area (Å²) in [5, 5.41) is 8.92. The molecule has 1 aromatic carbocycles. The summed E-state index contributed by atoms with van der Waals surface area (Å²) in [7, 11) is 1.82. The van der Waals surface area contributed by atoms with Gasteiger partial charge < -0.3 is 14.5 Å². The third-order valence-corrected chi connectivity index (χ3v) is 4.97. The van der Waals surface area contributed by atoms with Gasteiger partial charge >= 0.3 is 0 Å². The monoisotopic (exact) mass is 356 g/mol. The van der Waals surface area contributed by atoms with Crippen LogP contribution in [0.15, 0.2) is 24.3 Å². The molecule has 1 saturated heterocycles. The highest BCUT2D eigenvalue weighted by molar-refractivity contribution is 5.95. The fraction of sp³-hybridized carbons (Fsp3) is 0.526. The smallest absolute Gasteiger partial charge is 0.241 e. The van der Waals surface area contributed by atoms with Crippen molar-refractivity contribution in [2.75, 3.05) is 38.2 Å². The Balaban J connectivity index is 1.70. The first-order valence-corrected chi connectivity index (χ1v) is 8.95. The Hall–Kier alpha value is -2.59. The number of anilines is 1. The summed E-state index contributed by atoms with van der Waals surface area (Å²) < 4.78 is 5.44. The van der Waals surface area contributed by atoms with Crippen LogP contribution in [-0.4, -0.2) is 67.0 Å². The van der Waals surface area contributed by atoms with E-state index in [0.717, 1.165) is 17.9 Å². The van der Waals surface area contributed by atoms with Crippen molar-refractivity contribution < 1.29 is 14.3 Å². The van der Waals surface area contributed by atoms with E-state index < -0.39 is 0 Å². The summed E-state index contributed by atoms with van der Waals surface area (Å²) in [4.78, 5) is 30.3. The van der Waals surface area contributed by atoms with Crippen molar-refractivity contribution in [1.29, 1.82) is 5.26 Å². The van der Waals surface area contributed by atoms with Gasteiger partial charge in [-0.3, -0.25) is 14.5 Å². The largest absolute Gasteiger partial charge is 0.494 e. The third kappa shape index (κ3) is 3.81. The maximum absolute atomic E-state index is 12.9. The number of amides is 2. The minimum atomic E-state index is -0.0904. The van der Waals surface area contributed by atoms with Gasteiger partial charge in [-0.15, -0.1) is 0 Å². The molecule has 1 aliphatic carbocycles. The van der Waals surface area contributed by atoms with Crippen molar-refractivity contribution in [2.45, 2.75) is 31.8 Å². The molecule has 1 saturated carbocycles. The number of piperazine rings is 1. The van der Waals surface area contributed by atoms with Gasteiger partial charge in [0, 0.05) is 31.4 Å². The summed E-state index contributed by atoms with van der Waals surface area (Å²) in [6.07, 6.45) is 1.18. The van der Waals surface area contributed by atoms with E-state index in [4.69, 9.17) is 10.00 Å². The topological polar surface area (TPSA) is 76.9 Å². The lowest BCUT2D eigenvalue weighted by atomic mass is 10.2. The number of hydrogen-bond acceptors (Lipinski definition) is 5. The average molecular weight is 356 g/mol. The number of hydrogen-bond donors (Lipinski definition) is 0. The molecule has 1 aromatic rings. The fourth-order valence-corrected chi connectivity index (χ4v) is 3.45. The Labute approximate surface area is 153 Å². The van der Waals surface area contributed by atoms with E-state index in [1.54, 1.807) is 9.80 Å². The van der Waals surface area contributed by atoms with E-state index in [-0.39, 0.29) is 43.4 Å². The molecule has 0 aromatic heterocycles. The standard InChI is InChI=1S/C19H24N4O3/c1-3-26-15-7-5-14(6-8-15)23(10-4-9-20)19(25)13-22-12-18(24)21(2)16-11-17(16)22/h5-8,16-17H,3-4,10-13H2,1-2H3/t16-,17+/m1/s1. The molecule has 26 heavy (non-hydrogen) atoms. The summed E-state index contributed by atoms with van der Waals surface area (Å²) in [5.41, 5.74) is 0.738. The molecule has 1 heterocycles. The van der Waals surface area contributed by atoms with E-state index in [1.807, 2.05) is 43.1 Å². The van der Waals surface area contributed by atoms with Crippen molar-refractivity contribution in [3.8, 4) is 11.8 Å². The number of fused-ring (bicyclic) bond motifs is 1. The second kappa shape index (κ2) is 7.75. The predicted octanol–water partition coefficient (Wildman–Crippen LogP) is 1.25. The van der Waals surface area contributed by atoms with Crippen LogP contribution in [0, 0.1) is 11.3 Å². The number of carbonyl (C=O) groups is 2. The van der Waals surface area contributed by atoms with E-state index in [2.05, 4.69) is 6.07 Å². The van der Waals surface area contributed by atoms with Gasteiger partial charge in [0.1, 0.15) is 5.75 Å². The van der Waals surface area contributed by atoms with Crippen LogP contribution in [0.4, 0.5) is 5.69 Å². The zero-order chi connectivity index (χ0) is 18.7. The highest BCUT2D eigenvalue weighted by Crippen LogP contribution is 2.36. The van der Waals surface area contributed by atoms with Crippen LogP contribution in [-0.2, 0) is 9.59 Å². The fourth-order valence-electron chi connectivity index (χ4n) is 3.45. The highest BCUT2D eigenvalue weighted by atomic mass is 16.5. The van der Waals surface area contributed by atoms with Crippen molar-refractivity contribution in [1.82, 2.24) is 9.80 Å². The number of rotatable bonds is 7. The third-order valence-electron chi connectivity index (χ3n) is 4.97. The quantitative estimate of drug-likeness (QED) is 0.735. The lowest BCUT2D eigenvalue weighted by molar-refractivity contribution is -0.135. The van der Waals surface area contributed by atoms with Gasteiger partial charge in [-0.2, -0.15) is 5.26 Å². The predicted molar refractivity (Wildman–Crippen MR) is 96.7 cm³/mol. The summed E-state index contributed by atoms with van der Waals surface area (Å²) >= 11 is 0. The Morgan fingerprint density at radius 2 is 2.08 bits per heavy atom. The average Bonchev–Trinajstić information content (AvgIpc) is 3.43.